The van der Waals surface area contributed by atoms with Crippen LogP contribution in [0.4, 0.5) is 0 Å². The molecule has 5 heteroatoms. The number of hydrogen-bond acceptors (Lipinski definition) is 4. The van der Waals surface area contributed by atoms with E-state index in [4.69, 9.17) is 4.98 Å². The molecule has 0 bridgehead atoms. The zero-order valence-corrected chi connectivity index (χ0v) is 20.0. The molecule has 0 unspecified atom stereocenters. The van der Waals surface area contributed by atoms with Crippen molar-refractivity contribution in [3.63, 3.8) is 0 Å². The van der Waals surface area contributed by atoms with Crippen molar-refractivity contribution in [3.8, 4) is 22.5 Å². The minimum Gasteiger partial charge on any atom is -0.385 e. The molecule has 176 valence electrons. The summed E-state index contributed by atoms with van der Waals surface area (Å²) in [6, 6.07) is 29.2. The molecular weight excluding hydrogens is 454 g/mol. The van der Waals surface area contributed by atoms with Crippen LogP contribution in [-0.4, -0.2) is 26.1 Å². The van der Waals surface area contributed by atoms with Gasteiger partial charge < -0.3 is 9.88 Å². The van der Waals surface area contributed by atoms with Crippen LogP contribution < -0.4 is 5.32 Å². The van der Waals surface area contributed by atoms with E-state index >= 15 is 0 Å². The number of benzene rings is 2. The first-order valence-electron chi connectivity index (χ1n) is 12.3. The molecule has 0 spiro atoms. The lowest BCUT2D eigenvalue weighted by Crippen LogP contribution is -2.17. The summed E-state index contributed by atoms with van der Waals surface area (Å²) >= 11 is 0. The first-order valence-corrected chi connectivity index (χ1v) is 12.3. The van der Waals surface area contributed by atoms with E-state index in [0.717, 1.165) is 51.4 Å². The van der Waals surface area contributed by atoms with E-state index in [1.807, 2.05) is 48.9 Å². The molecule has 5 heterocycles. The van der Waals surface area contributed by atoms with Crippen LogP contribution in [0.2, 0.25) is 0 Å². The highest BCUT2D eigenvalue weighted by atomic mass is 15.0. The summed E-state index contributed by atoms with van der Waals surface area (Å²) in [5.41, 5.74) is 9.53. The summed E-state index contributed by atoms with van der Waals surface area (Å²) in [5.74, 6) is 0. The normalized spacial score (nSPS) is 13.3. The Morgan fingerprint density at radius 2 is 1.41 bits per heavy atom. The molecule has 0 fully saturated rings. The minimum atomic E-state index is 0.720. The molecule has 1 N–H and O–H groups in total. The monoisotopic (exact) mass is 477 g/mol. The van der Waals surface area contributed by atoms with Crippen LogP contribution in [0, 0.1) is 0 Å². The summed E-state index contributed by atoms with van der Waals surface area (Å²) in [6.45, 7) is 0.720. The Labute approximate surface area is 214 Å². The summed E-state index contributed by atoms with van der Waals surface area (Å²) in [4.78, 5) is 13.8. The molecule has 0 aliphatic carbocycles. The number of rotatable bonds is 4. The smallest absolute Gasteiger partial charge is 0.0731 e. The quantitative estimate of drug-likeness (QED) is 0.303. The van der Waals surface area contributed by atoms with Crippen molar-refractivity contribution >= 4 is 33.1 Å². The maximum Gasteiger partial charge on any atom is 0.0731 e. The Hall–Kier alpha value is -5.03. The SMILES string of the molecule is C1=C(c2cc(-c3ccccc3)nc(-c3cccnc3)c2)C=C(n2c3ccccc3c3ccncc32)CN1. The molecule has 37 heavy (non-hydrogen) atoms. The average Bonchev–Trinajstić information content (AvgIpc) is 3.32. The van der Waals surface area contributed by atoms with E-state index in [9.17, 15) is 0 Å². The topological polar surface area (TPSA) is 55.6 Å². The predicted octanol–water partition coefficient (Wildman–Crippen LogP) is 6.80. The molecule has 0 amide bonds. The fourth-order valence-electron chi connectivity index (χ4n) is 5.09. The Balaban J connectivity index is 1.40. The number of nitrogens with zero attached hydrogens (tertiary/aromatic N) is 4. The highest BCUT2D eigenvalue weighted by molar-refractivity contribution is 6.10. The minimum absolute atomic E-state index is 0.720. The third-order valence-corrected chi connectivity index (χ3v) is 6.81. The second-order valence-electron chi connectivity index (χ2n) is 9.10. The molecular formula is C32H23N5. The second kappa shape index (κ2) is 8.88. The first-order chi connectivity index (χ1) is 18.3. The largest absolute Gasteiger partial charge is 0.385 e. The highest BCUT2D eigenvalue weighted by Crippen LogP contribution is 2.34. The van der Waals surface area contributed by atoms with Crippen molar-refractivity contribution in [3.05, 3.63) is 128 Å². The number of hydrogen-bond donors (Lipinski definition) is 1. The van der Waals surface area contributed by atoms with Crippen molar-refractivity contribution in [2.24, 2.45) is 0 Å². The van der Waals surface area contributed by atoms with Gasteiger partial charge in [-0.15, -0.1) is 0 Å². The molecule has 0 radical (unpaired) electrons. The summed E-state index contributed by atoms with van der Waals surface area (Å²) in [5, 5.41) is 5.95. The van der Waals surface area contributed by atoms with E-state index in [1.165, 1.54) is 16.3 Å². The number of pyridine rings is 3. The van der Waals surface area contributed by atoms with Crippen LogP contribution in [0.15, 0.2) is 122 Å². The average molecular weight is 478 g/mol. The van der Waals surface area contributed by atoms with Gasteiger partial charge >= 0.3 is 0 Å². The van der Waals surface area contributed by atoms with E-state index in [1.54, 1.807) is 6.20 Å². The van der Waals surface area contributed by atoms with Crippen molar-refractivity contribution in [2.45, 2.75) is 0 Å². The Morgan fingerprint density at radius 3 is 2.27 bits per heavy atom. The fraction of sp³-hybridized carbons (Fsp3) is 0.0312. The van der Waals surface area contributed by atoms with Gasteiger partial charge in [0.05, 0.1) is 35.2 Å². The molecule has 0 atom stereocenters. The van der Waals surface area contributed by atoms with Crippen LogP contribution in [0.25, 0.3) is 55.6 Å². The highest BCUT2D eigenvalue weighted by Gasteiger charge is 2.17. The summed E-state index contributed by atoms with van der Waals surface area (Å²) in [7, 11) is 0. The van der Waals surface area contributed by atoms with Crippen LogP contribution in [-0.2, 0) is 0 Å². The molecule has 1 aliphatic rings. The Kier molecular flexibility index (Phi) is 5.10. The molecule has 4 aromatic heterocycles. The molecule has 0 saturated carbocycles. The first kappa shape index (κ1) is 21.3. The van der Waals surface area contributed by atoms with Crippen LogP contribution in [0.3, 0.4) is 0 Å². The van der Waals surface area contributed by atoms with Gasteiger partial charge in [0.15, 0.2) is 0 Å². The molecule has 7 rings (SSSR count). The third kappa shape index (κ3) is 3.78. The van der Waals surface area contributed by atoms with Crippen molar-refractivity contribution in [1.29, 1.82) is 0 Å². The van der Waals surface area contributed by atoms with Crippen molar-refractivity contribution in [2.75, 3.05) is 6.54 Å². The number of aromatic nitrogens is 4. The van der Waals surface area contributed by atoms with Crippen molar-refractivity contribution < 1.29 is 0 Å². The predicted molar refractivity (Wildman–Crippen MR) is 150 cm³/mol. The van der Waals surface area contributed by atoms with E-state index in [2.05, 4.69) is 86.7 Å². The summed E-state index contributed by atoms with van der Waals surface area (Å²) in [6.07, 6.45) is 11.8. The van der Waals surface area contributed by atoms with Gasteiger partial charge in [-0.05, 0) is 53.6 Å². The van der Waals surface area contributed by atoms with Crippen LogP contribution in [0.5, 0.6) is 0 Å². The molecule has 5 nitrogen and oxygen atoms in total. The third-order valence-electron chi connectivity index (χ3n) is 6.81. The Bertz CT molecular complexity index is 1700. The lowest BCUT2D eigenvalue weighted by molar-refractivity contribution is 0.942. The van der Waals surface area contributed by atoms with Gasteiger partial charge in [-0.2, -0.15) is 0 Å². The lowest BCUT2D eigenvalue weighted by Gasteiger charge is -2.19. The number of nitrogens with one attached hydrogen (secondary N) is 1. The number of dihydropyridines is 1. The molecule has 6 aromatic rings. The maximum absolute atomic E-state index is 5.00. The fourth-order valence-corrected chi connectivity index (χ4v) is 5.09. The van der Waals surface area contributed by atoms with Crippen LogP contribution in [0.1, 0.15) is 5.56 Å². The van der Waals surface area contributed by atoms with E-state index < -0.39 is 0 Å². The maximum atomic E-state index is 5.00. The Morgan fingerprint density at radius 1 is 0.649 bits per heavy atom. The van der Waals surface area contributed by atoms with E-state index in [0.29, 0.717) is 0 Å². The van der Waals surface area contributed by atoms with Gasteiger partial charge in [-0.3, -0.25) is 9.97 Å². The zero-order valence-electron chi connectivity index (χ0n) is 20.0. The zero-order chi connectivity index (χ0) is 24.6. The van der Waals surface area contributed by atoms with E-state index in [-0.39, 0.29) is 0 Å². The standard InChI is InChI=1S/C32H23N5/c1-2-7-22(8-3-1)29-16-24(17-30(36-29)23-9-6-13-33-18-23)25-15-26(20-35-19-25)37-31-11-5-4-10-27(31)28-12-14-34-21-32(28)37/h1-19,21,35H,20H2. The van der Waals surface area contributed by atoms with Crippen LogP contribution >= 0.6 is 0 Å². The molecule has 2 aromatic carbocycles. The number of allylic oxidation sites excluding steroid dienone is 2. The summed E-state index contributed by atoms with van der Waals surface area (Å²) < 4.78 is 2.32. The molecule has 1 aliphatic heterocycles. The van der Waals surface area contributed by atoms with Gasteiger partial charge in [-0.25, -0.2) is 4.98 Å². The second-order valence-corrected chi connectivity index (χ2v) is 9.10. The lowest BCUT2D eigenvalue weighted by atomic mass is 9.99. The number of para-hydroxylation sites is 1. The van der Waals surface area contributed by atoms with Gasteiger partial charge in [0.2, 0.25) is 0 Å². The van der Waals surface area contributed by atoms with Crippen molar-refractivity contribution in [1.82, 2.24) is 24.8 Å². The van der Waals surface area contributed by atoms with Gasteiger partial charge in [-0.1, -0.05) is 48.5 Å². The van der Waals surface area contributed by atoms with Gasteiger partial charge in [0, 0.05) is 52.4 Å². The van der Waals surface area contributed by atoms with Gasteiger partial charge in [0.1, 0.15) is 0 Å². The van der Waals surface area contributed by atoms with Gasteiger partial charge in [0.25, 0.3) is 0 Å². The number of fused-ring (bicyclic) bond motifs is 3. The molecule has 0 saturated heterocycles.